The zero-order chi connectivity index (χ0) is 14.2. The molecule has 6 nitrogen and oxygen atoms in total. The van der Waals surface area contributed by atoms with E-state index in [1.807, 2.05) is 16.8 Å². The van der Waals surface area contributed by atoms with E-state index in [1.165, 1.54) is 24.6 Å². The molecule has 0 amide bonds. The van der Waals surface area contributed by atoms with Gasteiger partial charge in [0, 0.05) is 24.7 Å². The highest BCUT2D eigenvalue weighted by molar-refractivity contribution is 6.29. The lowest BCUT2D eigenvalue weighted by Gasteiger charge is -2.02. The van der Waals surface area contributed by atoms with Gasteiger partial charge in [0.25, 0.3) is 0 Å². The van der Waals surface area contributed by atoms with Crippen molar-refractivity contribution < 1.29 is 4.74 Å². The van der Waals surface area contributed by atoms with Crippen LogP contribution in [0, 0.1) is 0 Å². The van der Waals surface area contributed by atoms with E-state index in [4.69, 9.17) is 16.3 Å². The standard InChI is InChI=1S/C14H12ClN5O/c15-13-3-12(5-17-19-13)21-8-11-7-20-6-10(9-1-2-9)4-16-14(20)18-11/h3-7,9H,1-2,8H2. The average Bonchev–Trinajstić information content (AvgIpc) is 3.25. The summed E-state index contributed by atoms with van der Waals surface area (Å²) in [5, 5.41) is 7.70. The van der Waals surface area contributed by atoms with Crippen molar-refractivity contribution in [2.75, 3.05) is 0 Å². The van der Waals surface area contributed by atoms with E-state index in [0.717, 1.165) is 5.69 Å². The number of halogens is 1. The Labute approximate surface area is 125 Å². The van der Waals surface area contributed by atoms with Crippen molar-refractivity contribution in [3.05, 3.63) is 47.3 Å². The Kier molecular flexibility index (Phi) is 2.96. The van der Waals surface area contributed by atoms with Gasteiger partial charge >= 0.3 is 0 Å². The Balaban J connectivity index is 1.53. The Hall–Kier alpha value is -2.21. The molecular formula is C14H12ClN5O. The van der Waals surface area contributed by atoms with Crippen molar-refractivity contribution in [2.24, 2.45) is 0 Å². The lowest BCUT2D eigenvalue weighted by Crippen LogP contribution is -1.96. The van der Waals surface area contributed by atoms with Gasteiger partial charge in [-0.3, -0.25) is 4.40 Å². The third kappa shape index (κ3) is 2.67. The summed E-state index contributed by atoms with van der Waals surface area (Å²) >= 11 is 5.76. The molecule has 1 saturated carbocycles. The zero-order valence-electron chi connectivity index (χ0n) is 11.1. The molecule has 3 aromatic rings. The van der Waals surface area contributed by atoms with Gasteiger partial charge in [0.1, 0.15) is 12.4 Å². The number of ether oxygens (including phenoxy) is 1. The van der Waals surface area contributed by atoms with Gasteiger partial charge in [-0.2, -0.15) is 5.10 Å². The molecule has 0 saturated heterocycles. The maximum atomic E-state index is 5.76. The number of imidazole rings is 1. The first-order valence-corrected chi connectivity index (χ1v) is 7.10. The number of fused-ring (bicyclic) bond motifs is 1. The third-order valence-electron chi connectivity index (χ3n) is 3.41. The highest BCUT2D eigenvalue weighted by Crippen LogP contribution is 2.39. The van der Waals surface area contributed by atoms with Gasteiger partial charge in [-0.25, -0.2) is 9.97 Å². The second-order valence-electron chi connectivity index (χ2n) is 5.10. The summed E-state index contributed by atoms with van der Waals surface area (Å²) in [5.41, 5.74) is 2.08. The van der Waals surface area contributed by atoms with Crippen LogP contribution in [0.2, 0.25) is 5.15 Å². The van der Waals surface area contributed by atoms with E-state index in [2.05, 4.69) is 26.4 Å². The first-order chi connectivity index (χ1) is 10.3. The number of nitrogens with zero attached hydrogens (tertiary/aromatic N) is 5. The second kappa shape index (κ2) is 4.96. The fourth-order valence-electron chi connectivity index (χ4n) is 2.21. The lowest BCUT2D eigenvalue weighted by molar-refractivity contribution is 0.300. The Morgan fingerprint density at radius 2 is 2.19 bits per heavy atom. The number of hydrogen-bond acceptors (Lipinski definition) is 5. The quantitative estimate of drug-likeness (QED) is 0.741. The molecule has 0 radical (unpaired) electrons. The molecular weight excluding hydrogens is 290 g/mol. The summed E-state index contributed by atoms with van der Waals surface area (Å²) in [4.78, 5) is 8.81. The largest absolute Gasteiger partial charge is 0.485 e. The smallest absolute Gasteiger partial charge is 0.234 e. The van der Waals surface area contributed by atoms with Gasteiger partial charge < -0.3 is 4.74 Å². The van der Waals surface area contributed by atoms with Crippen LogP contribution < -0.4 is 4.74 Å². The highest BCUT2D eigenvalue weighted by atomic mass is 35.5. The van der Waals surface area contributed by atoms with E-state index in [1.54, 1.807) is 6.07 Å². The number of aromatic nitrogens is 5. The van der Waals surface area contributed by atoms with Gasteiger partial charge in [0.2, 0.25) is 5.78 Å². The predicted molar refractivity (Wildman–Crippen MR) is 76.3 cm³/mol. The van der Waals surface area contributed by atoms with Crippen molar-refractivity contribution in [1.29, 1.82) is 0 Å². The van der Waals surface area contributed by atoms with Crippen molar-refractivity contribution >= 4 is 17.4 Å². The minimum Gasteiger partial charge on any atom is -0.485 e. The van der Waals surface area contributed by atoms with E-state index >= 15 is 0 Å². The summed E-state index contributed by atoms with van der Waals surface area (Å²) in [6.07, 6.45) is 9.98. The molecule has 106 valence electrons. The molecule has 0 aliphatic heterocycles. The fourth-order valence-corrected chi connectivity index (χ4v) is 2.36. The number of rotatable bonds is 4. The van der Waals surface area contributed by atoms with E-state index in [9.17, 15) is 0 Å². The summed E-state index contributed by atoms with van der Waals surface area (Å²) < 4.78 is 7.55. The minimum absolute atomic E-state index is 0.304. The van der Waals surface area contributed by atoms with Gasteiger partial charge in [0.15, 0.2) is 5.15 Å². The molecule has 7 heteroatoms. The topological polar surface area (TPSA) is 65.2 Å². The molecule has 3 heterocycles. The maximum absolute atomic E-state index is 5.76. The zero-order valence-corrected chi connectivity index (χ0v) is 11.9. The molecule has 1 fully saturated rings. The highest BCUT2D eigenvalue weighted by Gasteiger charge is 2.24. The van der Waals surface area contributed by atoms with Crippen molar-refractivity contribution in [3.63, 3.8) is 0 Å². The van der Waals surface area contributed by atoms with E-state index in [0.29, 0.717) is 29.2 Å². The van der Waals surface area contributed by atoms with Gasteiger partial charge in [-0.15, -0.1) is 5.10 Å². The van der Waals surface area contributed by atoms with Crippen LogP contribution >= 0.6 is 11.6 Å². The molecule has 0 atom stereocenters. The minimum atomic E-state index is 0.304. The SMILES string of the molecule is Clc1cc(OCc2cn3cc(C4CC4)cnc3n2)cnn1. The maximum Gasteiger partial charge on any atom is 0.234 e. The fraction of sp³-hybridized carbons (Fsp3) is 0.286. The van der Waals surface area contributed by atoms with Crippen LogP contribution in [-0.4, -0.2) is 24.6 Å². The summed E-state index contributed by atoms with van der Waals surface area (Å²) in [7, 11) is 0. The molecule has 21 heavy (non-hydrogen) atoms. The summed E-state index contributed by atoms with van der Waals surface area (Å²) in [5.74, 6) is 1.93. The van der Waals surface area contributed by atoms with Crippen LogP contribution in [0.5, 0.6) is 5.75 Å². The predicted octanol–water partition coefficient (Wildman–Crippen LogP) is 2.63. The second-order valence-corrected chi connectivity index (χ2v) is 5.49. The Bertz CT molecular complexity index is 799. The molecule has 3 aromatic heterocycles. The Morgan fingerprint density at radius 3 is 3.00 bits per heavy atom. The van der Waals surface area contributed by atoms with Crippen LogP contribution in [0.4, 0.5) is 0 Å². The van der Waals surface area contributed by atoms with E-state index < -0.39 is 0 Å². The van der Waals surface area contributed by atoms with Crippen molar-refractivity contribution in [2.45, 2.75) is 25.4 Å². The molecule has 0 N–H and O–H groups in total. The van der Waals surface area contributed by atoms with Gasteiger partial charge in [-0.05, 0) is 24.3 Å². The summed E-state index contributed by atoms with van der Waals surface area (Å²) in [6.45, 7) is 0.337. The first-order valence-electron chi connectivity index (χ1n) is 6.72. The molecule has 0 spiro atoms. The molecule has 0 bridgehead atoms. The molecule has 4 rings (SSSR count). The molecule has 0 unspecified atom stereocenters. The van der Waals surface area contributed by atoms with Crippen molar-refractivity contribution in [1.82, 2.24) is 24.6 Å². The average molecular weight is 302 g/mol. The van der Waals surface area contributed by atoms with Crippen LogP contribution in [0.15, 0.2) is 30.9 Å². The van der Waals surface area contributed by atoms with Gasteiger partial charge in [0.05, 0.1) is 11.9 Å². The molecule has 1 aliphatic carbocycles. The first kappa shape index (κ1) is 12.5. The normalized spacial score (nSPS) is 14.5. The van der Waals surface area contributed by atoms with E-state index in [-0.39, 0.29) is 0 Å². The summed E-state index contributed by atoms with van der Waals surface area (Å²) in [6, 6.07) is 1.62. The monoisotopic (exact) mass is 301 g/mol. The van der Waals surface area contributed by atoms with Crippen LogP contribution in [-0.2, 0) is 6.61 Å². The van der Waals surface area contributed by atoms with Crippen LogP contribution in [0.25, 0.3) is 5.78 Å². The van der Waals surface area contributed by atoms with Crippen molar-refractivity contribution in [3.8, 4) is 5.75 Å². The van der Waals surface area contributed by atoms with Crippen LogP contribution in [0.3, 0.4) is 0 Å². The van der Waals surface area contributed by atoms with Crippen LogP contribution in [0.1, 0.15) is 30.0 Å². The third-order valence-corrected chi connectivity index (χ3v) is 3.60. The lowest BCUT2D eigenvalue weighted by atomic mass is 10.2. The van der Waals surface area contributed by atoms with Gasteiger partial charge in [-0.1, -0.05) is 11.6 Å². The number of hydrogen-bond donors (Lipinski definition) is 0. The molecule has 1 aliphatic rings. The Morgan fingerprint density at radius 1 is 1.29 bits per heavy atom. The molecule has 0 aromatic carbocycles.